The van der Waals surface area contributed by atoms with Gasteiger partial charge in [-0.05, 0) is 12.1 Å². The first-order valence-corrected chi connectivity index (χ1v) is 5.16. The van der Waals surface area contributed by atoms with Crippen molar-refractivity contribution < 1.29 is 4.74 Å². The normalized spacial score (nSPS) is 10.0. The van der Waals surface area contributed by atoms with Gasteiger partial charge < -0.3 is 15.4 Å². The van der Waals surface area contributed by atoms with Crippen LogP contribution in [0, 0.1) is 0 Å². The number of rotatable bonds is 3. The van der Waals surface area contributed by atoms with Crippen molar-refractivity contribution in [3.8, 4) is 5.75 Å². The van der Waals surface area contributed by atoms with E-state index in [4.69, 9.17) is 10.5 Å². The van der Waals surface area contributed by atoms with E-state index in [1.54, 1.807) is 13.2 Å². The van der Waals surface area contributed by atoms with Crippen molar-refractivity contribution in [2.75, 3.05) is 24.8 Å². The molecule has 0 aliphatic heterocycles. The van der Waals surface area contributed by atoms with Gasteiger partial charge in [0.15, 0.2) is 0 Å². The van der Waals surface area contributed by atoms with Crippen LogP contribution in [0.1, 0.15) is 0 Å². The predicted molar refractivity (Wildman–Crippen MR) is 67.5 cm³/mol. The highest BCUT2D eigenvalue weighted by Crippen LogP contribution is 2.31. The molecule has 0 unspecified atom stereocenters. The van der Waals surface area contributed by atoms with Gasteiger partial charge in [-0.2, -0.15) is 0 Å². The SMILES string of the molecule is COc1ccccc1N(C)c1cc(N)ncn1. The average molecular weight is 230 g/mol. The van der Waals surface area contributed by atoms with E-state index in [2.05, 4.69) is 9.97 Å². The number of nitrogens with two attached hydrogens (primary N) is 1. The molecule has 2 N–H and O–H groups in total. The van der Waals surface area contributed by atoms with Crippen molar-refractivity contribution in [1.82, 2.24) is 9.97 Å². The fraction of sp³-hybridized carbons (Fsp3) is 0.167. The Hall–Kier alpha value is -2.30. The average Bonchev–Trinajstić information content (AvgIpc) is 2.38. The molecule has 0 atom stereocenters. The highest BCUT2D eigenvalue weighted by Gasteiger charge is 2.10. The number of ether oxygens (including phenoxy) is 1. The topological polar surface area (TPSA) is 64.3 Å². The Morgan fingerprint density at radius 3 is 2.71 bits per heavy atom. The number of nitrogen functional groups attached to an aromatic ring is 1. The number of benzene rings is 1. The lowest BCUT2D eigenvalue weighted by molar-refractivity contribution is 0.415. The molecule has 0 amide bonds. The zero-order valence-corrected chi connectivity index (χ0v) is 9.79. The van der Waals surface area contributed by atoms with E-state index in [0.717, 1.165) is 17.3 Å². The van der Waals surface area contributed by atoms with Crippen LogP contribution in [-0.4, -0.2) is 24.1 Å². The molecular formula is C12H14N4O. The summed E-state index contributed by atoms with van der Waals surface area (Å²) in [4.78, 5) is 9.94. The summed E-state index contributed by atoms with van der Waals surface area (Å²) in [6.07, 6.45) is 1.44. The molecule has 0 aliphatic carbocycles. The summed E-state index contributed by atoms with van der Waals surface area (Å²) < 4.78 is 5.30. The molecule has 1 aromatic carbocycles. The number of aromatic nitrogens is 2. The van der Waals surface area contributed by atoms with Crippen LogP contribution in [0.15, 0.2) is 36.7 Å². The highest BCUT2D eigenvalue weighted by molar-refractivity contribution is 5.67. The molecule has 0 fully saturated rings. The number of nitrogens with zero attached hydrogens (tertiary/aromatic N) is 3. The third-order valence-corrected chi connectivity index (χ3v) is 2.46. The standard InChI is InChI=1S/C12H14N4O/c1-16(12-7-11(13)14-8-15-12)9-5-3-4-6-10(9)17-2/h3-8H,1-2H3,(H2,13,14,15). The maximum Gasteiger partial charge on any atom is 0.142 e. The Morgan fingerprint density at radius 2 is 2.00 bits per heavy atom. The smallest absolute Gasteiger partial charge is 0.142 e. The first kappa shape index (κ1) is 11.2. The third-order valence-electron chi connectivity index (χ3n) is 2.46. The molecule has 0 aliphatic rings. The minimum absolute atomic E-state index is 0.441. The van der Waals surface area contributed by atoms with E-state index in [1.807, 2.05) is 36.2 Å². The Labute approximate surface area is 99.9 Å². The van der Waals surface area contributed by atoms with Gasteiger partial charge in [-0.15, -0.1) is 0 Å². The first-order valence-electron chi connectivity index (χ1n) is 5.16. The van der Waals surface area contributed by atoms with Crippen molar-refractivity contribution in [1.29, 1.82) is 0 Å². The molecule has 0 spiro atoms. The van der Waals surface area contributed by atoms with Crippen LogP contribution in [0.5, 0.6) is 5.75 Å². The van der Waals surface area contributed by atoms with Crippen LogP contribution >= 0.6 is 0 Å². The maximum absolute atomic E-state index is 5.64. The van der Waals surface area contributed by atoms with Gasteiger partial charge in [-0.3, -0.25) is 0 Å². The molecule has 1 aromatic heterocycles. The van der Waals surface area contributed by atoms with E-state index in [-0.39, 0.29) is 0 Å². The molecule has 1 heterocycles. The van der Waals surface area contributed by atoms with Gasteiger partial charge in [0.25, 0.3) is 0 Å². The lowest BCUT2D eigenvalue weighted by Gasteiger charge is -2.20. The molecule has 2 aromatic rings. The Balaban J connectivity index is 2.40. The van der Waals surface area contributed by atoms with Crippen LogP contribution in [0.3, 0.4) is 0 Å². The van der Waals surface area contributed by atoms with Gasteiger partial charge in [0, 0.05) is 13.1 Å². The quantitative estimate of drug-likeness (QED) is 0.871. The van der Waals surface area contributed by atoms with Gasteiger partial charge in [0.1, 0.15) is 23.7 Å². The summed E-state index contributed by atoms with van der Waals surface area (Å²) in [5.41, 5.74) is 6.56. The van der Waals surface area contributed by atoms with Crippen molar-refractivity contribution in [3.05, 3.63) is 36.7 Å². The first-order chi connectivity index (χ1) is 8.22. The number of anilines is 3. The largest absolute Gasteiger partial charge is 0.495 e. The highest BCUT2D eigenvalue weighted by atomic mass is 16.5. The van der Waals surface area contributed by atoms with Crippen molar-refractivity contribution in [3.63, 3.8) is 0 Å². The molecule has 0 saturated heterocycles. The minimum atomic E-state index is 0.441. The van der Waals surface area contributed by atoms with E-state index in [0.29, 0.717) is 5.82 Å². The summed E-state index contributed by atoms with van der Waals surface area (Å²) in [6, 6.07) is 9.43. The van der Waals surface area contributed by atoms with Gasteiger partial charge in [0.2, 0.25) is 0 Å². The van der Waals surface area contributed by atoms with Gasteiger partial charge in [0.05, 0.1) is 12.8 Å². The van der Waals surface area contributed by atoms with Crippen LogP contribution in [0.2, 0.25) is 0 Å². The third kappa shape index (κ3) is 2.28. The Bertz CT molecular complexity index is 515. The number of hydrogen-bond donors (Lipinski definition) is 1. The second-order valence-corrected chi connectivity index (χ2v) is 3.53. The van der Waals surface area contributed by atoms with Crippen LogP contribution in [0.4, 0.5) is 17.3 Å². The van der Waals surface area contributed by atoms with E-state index in [1.165, 1.54) is 6.33 Å². The zero-order chi connectivity index (χ0) is 12.3. The monoisotopic (exact) mass is 230 g/mol. The Morgan fingerprint density at radius 1 is 1.24 bits per heavy atom. The Kier molecular flexibility index (Phi) is 3.09. The molecule has 5 nitrogen and oxygen atoms in total. The van der Waals surface area contributed by atoms with E-state index < -0.39 is 0 Å². The molecule has 17 heavy (non-hydrogen) atoms. The summed E-state index contributed by atoms with van der Waals surface area (Å²) in [5.74, 6) is 1.95. The minimum Gasteiger partial charge on any atom is -0.495 e. The second kappa shape index (κ2) is 4.69. The fourth-order valence-electron chi connectivity index (χ4n) is 1.58. The van der Waals surface area contributed by atoms with E-state index in [9.17, 15) is 0 Å². The van der Waals surface area contributed by atoms with Crippen molar-refractivity contribution in [2.24, 2.45) is 0 Å². The zero-order valence-electron chi connectivity index (χ0n) is 9.79. The van der Waals surface area contributed by atoms with Crippen LogP contribution < -0.4 is 15.4 Å². The molecule has 0 saturated carbocycles. The summed E-state index contributed by atoms with van der Waals surface area (Å²) in [5, 5.41) is 0. The molecule has 2 rings (SSSR count). The molecule has 88 valence electrons. The number of methoxy groups -OCH3 is 1. The predicted octanol–water partition coefficient (Wildman–Crippen LogP) is 1.84. The van der Waals surface area contributed by atoms with Crippen molar-refractivity contribution in [2.45, 2.75) is 0 Å². The lowest BCUT2D eigenvalue weighted by atomic mass is 10.2. The van der Waals surface area contributed by atoms with Crippen LogP contribution in [0.25, 0.3) is 0 Å². The number of para-hydroxylation sites is 2. The summed E-state index contributed by atoms with van der Waals surface area (Å²) in [6.45, 7) is 0. The van der Waals surface area contributed by atoms with Gasteiger partial charge >= 0.3 is 0 Å². The maximum atomic E-state index is 5.64. The van der Waals surface area contributed by atoms with E-state index >= 15 is 0 Å². The summed E-state index contributed by atoms with van der Waals surface area (Å²) in [7, 11) is 3.54. The second-order valence-electron chi connectivity index (χ2n) is 3.53. The van der Waals surface area contributed by atoms with Gasteiger partial charge in [-0.25, -0.2) is 9.97 Å². The summed E-state index contributed by atoms with van der Waals surface area (Å²) >= 11 is 0. The lowest BCUT2D eigenvalue weighted by Crippen LogP contribution is -2.12. The number of hydrogen-bond acceptors (Lipinski definition) is 5. The van der Waals surface area contributed by atoms with Crippen LogP contribution in [-0.2, 0) is 0 Å². The van der Waals surface area contributed by atoms with Gasteiger partial charge in [-0.1, -0.05) is 12.1 Å². The van der Waals surface area contributed by atoms with Crippen molar-refractivity contribution >= 4 is 17.3 Å². The molecule has 0 bridgehead atoms. The fourth-order valence-corrected chi connectivity index (χ4v) is 1.58. The molecular weight excluding hydrogens is 216 g/mol. The molecule has 5 heteroatoms. The molecule has 0 radical (unpaired) electrons.